The van der Waals surface area contributed by atoms with E-state index in [1.807, 2.05) is 31.2 Å². The molecule has 3 rings (SSSR count). The molecule has 0 aliphatic rings. The number of carbonyl (C=O) groups is 1. The van der Waals surface area contributed by atoms with Crippen molar-refractivity contribution in [3.63, 3.8) is 0 Å². The van der Waals surface area contributed by atoms with Crippen molar-refractivity contribution in [2.45, 2.75) is 13.3 Å². The molecular formula is C17H15BrN2O3. The molecule has 1 N–H and O–H groups in total. The molecule has 2 heterocycles. The van der Waals surface area contributed by atoms with Gasteiger partial charge in [-0.15, -0.1) is 0 Å². The summed E-state index contributed by atoms with van der Waals surface area (Å²) in [6, 6.07) is 10.6. The number of fused-ring (bicyclic) bond motifs is 1. The molecule has 0 aliphatic heterocycles. The zero-order valence-corrected chi connectivity index (χ0v) is 14.1. The van der Waals surface area contributed by atoms with Gasteiger partial charge in [-0.25, -0.2) is 0 Å². The quantitative estimate of drug-likeness (QED) is 0.706. The highest BCUT2D eigenvalue weighted by molar-refractivity contribution is 9.10. The molecule has 0 atom stereocenters. The molecule has 5 nitrogen and oxygen atoms in total. The summed E-state index contributed by atoms with van der Waals surface area (Å²) in [5.74, 6) is 0.629. The molecule has 0 aliphatic carbocycles. The van der Waals surface area contributed by atoms with Crippen LogP contribution in [0, 0.1) is 0 Å². The topological polar surface area (TPSA) is 64.4 Å². The smallest absolute Gasteiger partial charge is 0.291 e. The van der Waals surface area contributed by atoms with Gasteiger partial charge in [0.2, 0.25) is 0 Å². The van der Waals surface area contributed by atoms with E-state index >= 15 is 0 Å². The van der Waals surface area contributed by atoms with E-state index in [2.05, 4.69) is 26.2 Å². The van der Waals surface area contributed by atoms with E-state index in [1.54, 1.807) is 18.3 Å². The number of nitrogens with one attached hydrogen (secondary N) is 1. The second kappa shape index (κ2) is 6.83. The van der Waals surface area contributed by atoms with Gasteiger partial charge in [-0.2, -0.15) is 0 Å². The van der Waals surface area contributed by atoms with Gasteiger partial charge in [0.25, 0.3) is 5.91 Å². The van der Waals surface area contributed by atoms with Gasteiger partial charge >= 0.3 is 0 Å². The molecule has 0 unspecified atom stereocenters. The molecule has 0 radical (unpaired) electrons. The minimum absolute atomic E-state index is 0.236. The van der Waals surface area contributed by atoms with Gasteiger partial charge in [0.1, 0.15) is 11.3 Å². The Morgan fingerprint density at radius 3 is 2.91 bits per heavy atom. The van der Waals surface area contributed by atoms with Crippen molar-refractivity contribution in [2.75, 3.05) is 11.9 Å². The van der Waals surface area contributed by atoms with Crippen LogP contribution in [0.4, 0.5) is 5.69 Å². The third-order valence-corrected chi connectivity index (χ3v) is 3.67. The molecule has 23 heavy (non-hydrogen) atoms. The van der Waals surface area contributed by atoms with Crippen LogP contribution in [0.2, 0.25) is 0 Å². The summed E-state index contributed by atoms with van der Waals surface area (Å²) < 4.78 is 11.5. The molecule has 6 heteroatoms. The van der Waals surface area contributed by atoms with Crippen molar-refractivity contribution < 1.29 is 13.9 Å². The number of rotatable bonds is 5. The molecule has 2 aromatic heterocycles. The van der Waals surface area contributed by atoms with Crippen molar-refractivity contribution in [1.29, 1.82) is 0 Å². The molecule has 0 saturated carbocycles. The molecule has 0 fully saturated rings. The molecule has 0 spiro atoms. The second-order valence-corrected chi connectivity index (χ2v) is 5.70. The Labute approximate surface area is 141 Å². The van der Waals surface area contributed by atoms with E-state index in [0.29, 0.717) is 22.7 Å². The number of nitrogens with zero attached hydrogens (tertiary/aromatic N) is 1. The van der Waals surface area contributed by atoms with Crippen molar-refractivity contribution in [2.24, 2.45) is 0 Å². The average Bonchev–Trinajstić information content (AvgIpc) is 3.01. The number of benzene rings is 1. The average molecular weight is 375 g/mol. The Morgan fingerprint density at radius 1 is 1.30 bits per heavy atom. The van der Waals surface area contributed by atoms with Crippen molar-refractivity contribution in [3.05, 3.63) is 53.0 Å². The van der Waals surface area contributed by atoms with Gasteiger partial charge in [-0.05, 0) is 58.7 Å². The number of amides is 1. The molecule has 118 valence electrons. The van der Waals surface area contributed by atoms with E-state index in [0.717, 1.165) is 17.3 Å². The lowest BCUT2D eigenvalue weighted by Gasteiger charge is -2.11. The normalized spacial score (nSPS) is 10.7. The van der Waals surface area contributed by atoms with Gasteiger partial charge in [0, 0.05) is 11.6 Å². The van der Waals surface area contributed by atoms with Crippen molar-refractivity contribution in [1.82, 2.24) is 4.98 Å². The minimum Gasteiger partial charge on any atom is -0.491 e. The Kier molecular flexibility index (Phi) is 4.62. The summed E-state index contributed by atoms with van der Waals surface area (Å²) in [7, 11) is 0. The first-order valence-corrected chi connectivity index (χ1v) is 8.05. The van der Waals surface area contributed by atoms with Crippen LogP contribution in [0.15, 0.2) is 51.7 Å². The SMILES string of the molecule is CCCOc1ccc(NC(=O)c2ccc(Br)o2)c2cccnc12. The van der Waals surface area contributed by atoms with E-state index < -0.39 is 0 Å². The molecule has 0 saturated heterocycles. The van der Waals surface area contributed by atoms with Crippen LogP contribution in [0.3, 0.4) is 0 Å². The van der Waals surface area contributed by atoms with Crippen LogP contribution in [0.5, 0.6) is 5.75 Å². The number of hydrogen-bond donors (Lipinski definition) is 1. The fourth-order valence-electron chi connectivity index (χ4n) is 2.20. The maximum atomic E-state index is 12.3. The number of ether oxygens (including phenoxy) is 1. The lowest BCUT2D eigenvalue weighted by molar-refractivity contribution is 0.0995. The predicted molar refractivity (Wildman–Crippen MR) is 91.9 cm³/mol. The first kappa shape index (κ1) is 15.6. The minimum atomic E-state index is -0.317. The predicted octanol–water partition coefficient (Wildman–Crippen LogP) is 4.63. The van der Waals surface area contributed by atoms with Crippen LogP contribution >= 0.6 is 15.9 Å². The number of anilines is 1. The van der Waals surface area contributed by atoms with Crippen molar-refractivity contribution >= 4 is 38.4 Å². The molecule has 1 amide bonds. The van der Waals surface area contributed by atoms with Gasteiger partial charge in [-0.3, -0.25) is 9.78 Å². The number of aromatic nitrogens is 1. The fourth-order valence-corrected chi connectivity index (χ4v) is 2.51. The molecule has 0 bridgehead atoms. The standard InChI is InChI=1S/C17H15BrN2O3/c1-2-10-22-13-6-5-12(11-4-3-9-19-16(11)13)20-17(21)14-7-8-15(18)23-14/h3-9H,2,10H2,1H3,(H,20,21). The third-order valence-electron chi connectivity index (χ3n) is 3.24. The third kappa shape index (κ3) is 3.37. The summed E-state index contributed by atoms with van der Waals surface area (Å²) in [4.78, 5) is 16.6. The van der Waals surface area contributed by atoms with Gasteiger partial charge in [0.15, 0.2) is 10.4 Å². The van der Waals surface area contributed by atoms with Crippen molar-refractivity contribution in [3.8, 4) is 5.75 Å². The number of pyridine rings is 1. The number of furan rings is 1. The van der Waals surface area contributed by atoms with E-state index in [9.17, 15) is 4.79 Å². The van der Waals surface area contributed by atoms with Crippen LogP contribution < -0.4 is 10.1 Å². The van der Waals surface area contributed by atoms with Gasteiger partial charge in [0.05, 0.1) is 12.3 Å². The summed E-state index contributed by atoms with van der Waals surface area (Å²) >= 11 is 3.19. The molecule has 1 aromatic carbocycles. The Hall–Kier alpha value is -2.34. The number of hydrogen-bond acceptors (Lipinski definition) is 4. The number of carbonyl (C=O) groups excluding carboxylic acids is 1. The Morgan fingerprint density at radius 2 is 2.17 bits per heavy atom. The second-order valence-electron chi connectivity index (χ2n) is 4.92. The highest BCUT2D eigenvalue weighted by atomic mass is 79.9. The lowest BCUT2D eigenvalue weighted by Crippen LogP contribution is -2.11. The Balaban J connectivity index is 1.94. The first-order chi connectivity index (χ1) is 11.2. The summed E-state index contributed by atoms with van der Waals surface area (Å²) in [6.45, 7) is 2.67. The van der Waals surface area contributed by atoms with E-state index in [4.69, 9.17) is 9.15 Å². The van der Waals surface area contributed by atoms with Gasteiger partial charge < -0.3 is 14.5 Å². The first-order valence-electron chi connectivity index (χ1n) is 7.26. The fraction of sp³-hybridized carbons (Fsp3) is 0.176. The Bertz CT molecular complexity index is 845. The summed E-state index contributed by atoms with van der Waals surface area (Å²) in [5.41, 5.74) is 1.38. The molecular weight excluding hydrogens is 360 g/mol. The van der Waals surface area contributed by atoms with Crippen LogP contribution in [0.25, 0.3) is 10.9 Å². The maximum Gasteiger partial charge on any atom is 0.291 e. The van der Waals surface area contributed by atoms with Gasteiger partial charge in [-0.1, -0.05) is 6.92 Å². The maximum absolute atomic E-state index is 12.3. The molecule has 3 aromatic rings. The summed E-state index contributed by atoms with van der Waals surface area (Å²) in [5, 5.41) is 3.67. The van der Waals surface area contributed by atoms with E-state index in [1.165, 1.54) is 0 Å². The van der Waals surface area contributed by atoms with Crippen LogP contribution in [0.1, 0.15) is 23.9 Å². The lowest BCUT2D eigenvalue weighted by atomic mass is 10.1. The highest BCUT2D eigenvalue weighted by Crippen LogP contribution is 2.30. The largest absolute Gasteiger partial charge is 0.491 e. The monoisotopic (exact) mass is 374 g/mol. The van der Waals surface area contributed by atoms with Crippen LogP contribution in [-0.2, 0) is 0 Å². The zero-order chi connectivity index (χ0) is 16.2. The van der Waals surface area contributed by atoms with Crippen LogP contribution in [-0.4, -0.2) is 17.5 Å². The zero-order valence-electron chi connectivity index (χ0n) is 12.5. The summed E-state index contributed by atoms with van der Waals surface area (Å²) in [6.07, 6.45) is 2.62. The van der Waals surface area contributed by atoms with E-state index in [-0.39, 0.29) is 11.7 Å². The highest BCUT2D eigenvalue weighted by Gasteiger charge is 2.14. The number of halogens is 1.